The molecule has 6 heteroatoms. The summed E-state index contributed by atoms with van der Waals surface area (Å²) in [6.45, 7) is 8.31. The molecule has 0 unspecified atom stereocenters. The molecule has 26 heavy (non-hydrogen) atoms. The van der Waals surface area contributed by atoms with E-state index in [-0.39, 0.29) is 6.54 Å². The van der Waals surface area contributed by atoms with Crippen molar-refractivity contribution in [2.75, 3.05) is 26.3 Å². The summed E-state index contributed by atoms with van der Waals surface area (Å²) in [6.07, 6.45) is 0. The smallest absolute Gasteiger partial charge is 0.240 e. The lowest BCUT2D eigenvalue weighted by molar-refractivity contribution is 0.0341. The van der Waals surface area contributed by atoms with E-state index in [2.05, 4.69) is 15.7 Å². The van der Waals surface area contributed by atoms with Gasteiger partial charge in [-0.1, -0.05) is 30.3 Å². The summed E-state index contributed by atoms with van der Waals surface area (Å²) in [4.78, 5) is 2.64. The van der Waals surface area contributed by atoms with Gasteiger partial charge in [0.1, 0.15) is 0 Å². The van der Waals surface area contributed by atoms with E-state index in [0.717, 1.165) is 55.1 Å². The Bertz CT molecular complexity index is 859. The van der Waals surface area contributed by atoms with Crippen molar-refractivity contribution in [1.82, 2.24) is 9.62 Å². The van der Waals surface area contributed by atoms with E-state index in [9.17, 15) is 8.42 Å². The second-order valence-corrected chi connectivity index (χ2v) is 8.49. The fourth-order valence-electron chi connectivity index (χ4n) is 3.02. The number of ether oxygens (including phenoxy) is 1. The Morgan fingerprint density at radius 2 is 1.69 bits per heavy atom. The second-order valence-electron chi connectivity index (χ2n) is 6.73. The van der Waals surface area contributed by atoms with Gasteiger partial charge in [0.2, 0.25) is 10.0 Å². The van der Waals surface area contributed by atoms with Gasteiger partial charge in [-0.05, 0) is 48.2 Å². The first-order valence-electron chi connectivity index (χ1n) is 8.89. The van der Waals surface area contributed by atoms with Gasteiger partial charge in [0.25, 0.3) is 0 Å². The van der Waals surface area contributed by atoms with Crippen molar-refractivity contribution in [1.29, 1.82) is 0 Å². The molecule has 0 aliphatic carbocycles. The molecule has 1 aliphatic heterocycles. The van der Waals surface area contributed by atoms with Crippen molar-refractivity contribution in [2.24, 2.45) is 0 Å². The number of aryl methyl sites for hydroxylation is 2. The molecule has 2 aromatic carbocycles. The SMILES string of the molecule is Cc1ccc(S(=O)(=O)NCc2ccccc2CN2CCOCC2)cc1C. The monoisotopic (exact) mass is 374 g/mol. The Morgan fingerprint density at radius 3 is 2.38 bits per heavy atom. The minimum atomic E-state index is -3.53. The zero-order valence-electron chi connectivity index (χ0n) is 15.4. The molecule has 140 valence electrons. The van der Waals surface area contributed by atoms with E-state index in [0.29, 0.717) is 4.90 Å². The summed E-state index contributed by atoms with van der Waals surface area (Å²) < 4.78 is 33.4. The quantitative estimate of drug-likeness (QED) is 0.844. The average molecular weight is 375 g/mol. The van der Waals surface area contributed by atoms with Crippen LogP contribution in [0.1, 0.15) is 22.3 Å². The van der Waals surface area contributed by atoms with Crippen molar-refractivity contribution in [3.05, 3.63) is 64.7 Å². The van der Waals surface area contributed by atoms with E-state index < -0.39 is 10.0 Å². The molecule has 1 fully saturated rings. The third-order valence-electron chi connectivity index (χ3n) is 4.86. The summed E-state index contributed by atoms with van der Waals surface area (Å²) in [7, 11) is -3.53. The summed E-state index contributed by atoms with van der Waals surface area (Å²) in [6, 6.07) is 13.2. The van der Waals surface area contributed by atoms with E-state index in [1.165, 1.54) is 0 Å². The Labute approximate surface area is 156 Å². The third kappa shape index (κ3) is 4.71. The zero-order chi connectivity index (χ0) is 18.6. The molecule has 0 bridgehead atoms. The van der Waals surface area contributed by atoms with Crippen LogP contribution in [0, 0.1) is 13.8 Å². The largest absolute Gasteiger partial charge is 0.379 e. The first-order valence-corrected chi connectivity index (χ1v) is 10.4. The zero-order valence-corrected chi connectivity index (χ0v) is 16.2. The number of benzene rings is 2. The molecule has 3 rings (SSSR count). The molecular weight excluding hydrogens is 348 g/mol. The Hall–Kier alpha value is -1.73. The van der Waals surface area contributed by atoms with Gasteiger partial charge < -0.3 is 4.74 Å². The summed E-state index contributed by atoms with van der Waals surface area (Å²) in [5.41, 5.74) is 4.21. The predicted octanol–water partition coefficient (Wildman–Crippen LogP) is 2.61. The van der Waals surface area contributed by atoms with Crippen LogP contribution in [-0.2, 0) is 27.8 Å². The molecule has 0 radical (unpaired) electrons. The summed E-state index contributed by atoms with van der Waals surface area (Å²) >= 11 is 0. The molecule has 0 amide bonds. The van der Waals surface area contributed by atoms with Gasteiger partial charge in [-0.15, -0.1) is 0 Å². The fraction of sp³-hybridized carbons (Fsp3) is 0.400. The normalized spacial score (nSPS) is 15.9. The Balaban J connectivity index is 1.71. The molecule has 1 heterocycles. The van der Waals surface area contributed by atoms with E-state index >= 15 is 0 Å². The molecular formula is C20H26N2O3S. The minimum Gasteiger partial charge on any atom is -0.379 e. The molecule has 1 saturated heterocycles. The van der Waals surface area contributed by atoms with Crippen LogP contribution < -0.4 is 4.72 Å². The number of hydrogen-bond acceptors (Lipinski definition) is 4. The van der Waals surface area contributed by atoms with Crippen LogP contribution in [0.4, 0.5) is 0 Å². The maximum atomic E-state index is 12.6. The number of nitrogens with one attached hydrogen (secondary N) is 1. The fourth-order valence-corrected chi connectivity index (χ4v) is 4.11. The van der Waals surface area contributed by atoms with Crippen LogP contribution >= 0.6 is 0 Å². The molecule has 1 N–H and O–H groups in total. The van der Waals surface area contributed by atoms with E-state index in [4.69, 9.17) is 4.74 Å². The third-order valence-corrected chi connectivity index (χ3v) is 6.26. The van der Waals surface area contributed by atoms with Crippen LogP contribution in [0.2, 0.25) is 0 Å². The number of rotatable bonds is 6. The molecule has 0 spiro atoms. The molecule has 2 aromatic rings. The predicted molar refractivity (Wildman–Crippen MR) is 102 cm³/mol. The van der Waals surface area contributed by atoms with Crippen molar-refractivity contribution >= 4 is 10.0 Å². The Kier molecular flexibility index (Phi) is 6.09. The molecule has 1 aliphatic rings. The Morgan fingerprint density at radius 1 is 1.00 bits per heavy atom. The van der Waals surface area contributed by atoms with Crippen LogP contribution in [0.5, 0.6) is 0 Å². The highest BCUT2D eigenvalue weighted by molar-refractivity contribution is 7.89. The lowest BCUT2D eigenvalue weighted by atomic mass is 10.1. The van der Waals surface area contributed by atoms with Gasteiger partial charge in [0.15, 0.2) is 0 Å². The molecule has 0 atom stereocenters. The van der Waals surface area contributed by atoms with Gasteiger partial charge in [-0.3, -0.25) is 4.90 Å². The first-order chi connectivity index (χ1) is 12.5. The summed E-state index contributed by atoms with van der Waals surface area (Å²) in [5.74, 6) is 0. The highest BCUT2D eigenvalue weighted by Gasteiger charge is 2.17. The summed E-state index contributed by atoms with van der Waals surface area (Å²) in [5, 5.41) is 0. The van der Waals surface area contributed by atoms with Gasteiger partial charge in [0.05, 0.1) is 18.1 Å². The topological polar surface area (TPSA) is 58.6 Å². The van der Waals surface area contributed by atoms with Gasteiger partial charge in [0, 0.05) is 26.2 Å². The van der Waals surface area contributed by atoms with Crippen molar-refractivity contribution in [3.8, 4) is 0 Å². The van der Waals surface area contributed by atoms with Crippen molar-refractivity contribution < 1.29 is 13.2 Å². The highest BCUT2D eigenvalue weighted by Crippen LogP contribution is 2.17. The van der Waals surface area contributed by atoms with Crippen LogP contribution in [0.15, 0.2) is 47.4 Å². The lowest BCUT2D eigenvalue weighted by Gasteiger charge is -2.27. The number of nitrogens with zero attached hydrogens (tertiary/aromatic N) is 1. The van der Waals surface area contributed by atoms with Gasteiger partial charge in [-0.25, -0.2) is 13.1 Å². The number of hydrogen-bond donors (Lipinski definition) is 1. The number of sulfonamides is 1. The lowest BCUT2D eigenvalue weighted by Crippen LogP contribution is -2.36. The van der Waals surface area contributed by atoms with Crippen LogP contribution in [0.3, 0.4) is 0 Å². The molecule has 0 aromatic heterocycles. The standard InChI is InChI=1S/C20H26N2O3S/c1-16-7-8-20(13-17(16)2)26(23,24)21-14-18-5-3-4-6-19(18)15-22-9-11-25-12-10-22/h3-8,13,21H,9-12,14-15H2,1-2H3. The highest BCUT2D eigenvalue weighted by atomic mass is 32.2. The molecule has 5 nitrogen and oxygen atoms in total. The van der Waals surface area contributed by atoms with Crippen molar-refractivity contribution in [2.45, 2.75) is 31.8 Å². The molecule has 0 saturated carbocycles. The average Bonchev–Trinajstić information content (AvgIpc) is 2.64. The first kappa shape index (κ1) is 19.0. The minimum absolute atomic E-state index is 0.287. The second kappa shape index (κ2) is 8.31. The van der Waals surface area contributed by atoms with E-state index in [1.54, 1.807) is 12.1 Å². The van der Waals surface area contributed by atoms with Crippen LogP contribution in [0.25, 0.3) is 0 Å². The van der Waals surface area contributed by atoms with E-state index in [1.807, 2.05) is 38.1 Å². The van der Waals surface area contributed by atoms with Crippen molar-refractivity contribution in [3.63, 3.8) is 0 Å². The maximum Gasteiger partial charge on any atom is 0.240 e. The maximum absolute atomic E-state index is 12.6. The number of morpholine rings is 1. The van der Waals surface area contributed by atoms with Gasteiger partial charge >= 0.3 is 0 Å². The van der Waals surface area contributed by atoms with Crippen LogP contribution in [-0.4, -0.2) is 39.6 Å². The van der Waals surface area contributed by atoms with Gasteiger partial charge in [-0.2, -0.15) is 0 Å².